The Morgan fingerprint density at radius 3 is 3.00 bits per heavy atom. The average molecular weight is 311 g/mol. The van der Waals surface area contributed by atoms with Crippen molar-refractivity contribution >= 4 is 44.0 Å². The molecule has 22 heavy (non-hydrogen) atoms. The monoisotopic (exact) mass is 311 g/mol. The second kappa shape index (κ2) is 4.85. The summed E-state index contributed by atoms with van der Waals surface area (Å²) < 4.78 is 5.13. The van der Waals surface area contributed by atoms with Gasteiger partial charge in [0.1, 0.15) is 15.9 Å². The van der Waals surface area contributed by atoms with Crippen molar-refractivity contribution < 1.29 is 9.21 Å². The molecule has 0 aliphatic heterocycles. The van der Waals surface area contributed by atoms with Crippen LogP contribution in [-0.4, -0.2) is 25.8 Å². The molecule has 4 heterocycles. The minimum absolute atomic E-state index is 0.153. The van der Waals surface area contributed by atoms with Gasteiger partial charge in [-0.15, -0.1) is 0 Å². The first-order chi connectivity index (χ1) is 10.7. The Hall–Kier alpha value is -2.87. The van der Waals surface area contributed by atoms with E-state index in [4.69, 9.17) is 4.42 Å². The molecule has 0 saturated carbocycles. The molecule has 0 spiro atoms. The normalized spacial score (nSPS) is 11.1. The molecule has 0 atom stereocenters. The second-order valence-electron chi connectivity index (χ2n) is 4.62. The number of aromatic nitrogens is 4. The highest BCUT2D eigenvalue weighted by Crippen LogP contribution is 2.28. The standard InChI is InChI=1S/C14H9N5O2S/c1-7(20)17-14-19-10-3-2-9(18-13(10)22-14)8-4-11-12(15-5-8)21-6-16-11/h2-6H,1H3,(H,17,19,20). The molecule has 4 aromatic heterocycles. The number of fused-ring (bicyclic) bond motifs is 2. The van der Waals surface area contributed by atoms with Crippen LogP contribution in [0.4, 0.5) is 5.13 Å². The highest BCUT2D eigenvalue weighted by molar-refractivity contribution is 7.21. The van der Waals surface area contributed by atoms with Gasteiger partial charge in [-0.25, -0.2) is 19.9 Å². The number of thiazole rings is 1. The van der Waals surface area contributed by atoms with Crippen molar-refractivity contribution in [1.82, 2.24) is 19.9 Å². The summed E-state index contributed by atoms with van der Waals surface area (Å²) in [6.45, 7) is 1.45. The van der Waals surface area contributed by atoms with Gasteiger partial charge in [0.15, 0.2) is 11.5 Å². The van der Waals surface area contributed by atoms with Gasteiger partial charge in [0.25, 0.3) is 0 Å². The molecule has 1 N–H and O–H groups in total. The maximum Gasteiger partial charge on any atom is 0.246 e. The number of amides is 1. The summed E-state index contributed by atoms with van der Waals surface area (Å²) in [5, 5.41) is 3.21. The lowest BCUT2D eigenvalue weighted by Gasteiger charge is -1.99. The lowest BCUT2D eigenvalue weighted by Crippen LogP contribution is -2.04. The van der Waals surface area contributed by atoms with Crippen LogP contribution in [0, 0.1) is 0 Å². The number of oxazole rings is 1. The molecule has 0 aliphatic carbocycles. The van der Waals surface area contributed by atoms with Crippen LogP contribution in [0.5, 0.6) is 0 Å². The van der Waals surface area contributed by atoms with E-state index in [1.165, 1.54) is 24.7 Å². The van der Waals surface area contributed by atoms with Crippen LogP contribution >= 0.6 is 11.3 Å². The van der Waals surface area contributed by atoms with Crippen LogP contribution in [0.15, 0.2) is 35.2 Å². The Morgan fingerprint density at radius 1 is 1.23 bits per heavy atom. The van der Waals surface area contributed by atoms with Gasteiger partial charge < -0.3 is 9.73 Å². The summed E-state index contributed by atoms with van der Waals surface area (Å²) in [7, 11) is 0. The predicted molar refractivity (Wildman–Crippen MR) is 82.5 cm³/mol. The number of carbonyl (C=O) groups excluding carboxylic acids is 1. The van der Waals surface area contributed by atoms with Crippen LogP contribution in [0.2, 0.25) is 0 Å². The smallest absolute Gasteiger partial charge is 0.246 e. The molecule has 0 bridgehead atoms. The summed E-state index contributed by atoms with van der Waals surface area (Å²) in [5.41, 5.74) is 3.53. The first-order valence-corrected chi connectivity index (χ1v) is 7.25. The molecule has 1 amide bonds. The largest absolute Gasteiger partial charge is 0.425 e. The van der Waals surface area contributed by atoms with Crippen molar-refractivity contribution in [2.75, 3.05) is 5.32 Å². The van der Waals surface area contributed by atoms with E-state index in [2.05, 4.69) is 25.3 Å². The van der Waals surface area contributed by atoms with Gasteiger partial charge >= 0.3 is 0 Å². The predicted octanol–water partition coefficient (Wildman–Crippen LogP) is 2.85. The number of hydrogen-bond acceptors (Lipinski definition) is 7. The second-order valence-corrected chi connectivity index (χ2v) is 5.60. The molecular formula is C14H9N5O2S. The lowest BCUT2D eigenvalue weighted by atomic mass is 10.2. The number of hydrogen-bond donors (Lipinski definition) is 1. The van der Waals surface area contributed by atoms with Gasteiger partial charge in [0.05, 0.1) is 5.69 Å². The number of rotatable bonds is 2. The van der Waals surface area contributed by atoms with Gasteiger partial charge in [-0.3, -0.25) is 4.79 Å². The van der Waals surface area contributed by atoms with Crippen LogP contribution in [0.25, 0.3) is 32.8 Å². The third-order valence-corrected chi connectivity index (χ3v) is 3.90. The first-order valence-electron chi connectivity index (χ1n) is 6.44. The molecule has 0 fully saturated rings. The maximum absolute atomic E-state index is 11.1. The van der Waals surface area contributed by atoms with Crippen LogP contribution in [0.3, 0.4) is 0 Å². The van der Waals surface area contributed by atoms with E-state index in [1.54, 1.807) is 6.20 Å². The van der Waals surface area contributed by atoms with Crippen molar-refractivity contribution in [3.05, 3.63) is 30.8 Å². The molecule has 0 aromatic carbocycles. The molecular weight excluding hydrogens is 302 g/mol. The van der Waals surface area contributed by atoms with Gasteiger partial charge in [-0.05, 0) is 18.2 Å². The highest BCUT2D eigenvalue weighted by Gasteiger charge is 2.10. The zero-order valence-electron chi connectivity index (χ0n) is 11.4. The molecule has 8 heteroatoms. The van der Waals surface area contributed by atoms with Crippen molar-refractivity contribution in [1.29, 1.82) is 0 Å². The van der Waals surface area contributed by atoms with Crippen LogP contribution in [-0.2, 0) is 4.79 Å². The Bertz CT molecular complexity index is 1010. The number of anilines is 1. The van der Waals surface area contributed by atoms with Crippen LogP contribution in [0.1, 0.15) is 6.92 Å². The zero-order chi connectivity index (χ0) is 15.1. The van der Waals surface area contributed by atoms with E-state index in [9.17, 15) is 4.79 Å². The molecule has 0 saturated heterocycles. The third kappa shape index (κ3) is 2.19. The molecule has 0 aliphatic rings. The quantitative estimate of drug-likeness (QED) is 0.612. The fourth-order valence-electron chi connectivity index (χ4n) is 2.08. The highest BCUT2D eigenvalue weighted by atomic mass is 32.1. The molecule has 4 aromatic rings. The molecule has 7 nitrogen and oxygen atoms in total. The number of pyridine rings is 2. The maximum atomic E-state index is 11.1. The summed E-state index contributed by atoms with van der Waals surface area (Å²) in [4.78, 5) is 29.0. The summed E-state index contributed by atoms with van der Waals surface area (Å²) in [5.74, 6) is -0.153. The van der Waals surface area contributed by atoms with Crippen molar-refractivity contribution in [3.63, 3.8) is 0 Å². The minimum Gasteiger partial charge on any atom is -0.425 e. The molecule has 0 unspecified atom stereocenters. The topological polar surface area (TPSA) is 93.8 Å². The van der Waals surface area contributed by atoms with Gasteiger partial charge in [-0.1, -0.05) is 11.3 Å². The molecule has 0 radical (unpaired) electrons. The van der Waals surface area contributed by atoms with Crippen molar-refractivity contribution in [2.45, 2.75) is 6.92 Å². The lowest BCUT2D eigenvalue weighted by molar-refractivity contribution is -0.114. The fourth-order valence-corrected chi connectivity index (χ4v) is 2.96. The first kappa shape index (κ1) is 12.8. The number of carbonyl (C=O) groups is 1. The van der Waals surface area contributed by atoms with Crippen molar-refractivity contribution in [3.8, 4) is 11.3 Å². The van der Waals surface area contributed by atoms with Crippen molar-refractivity contribution in [2.24, 2.45) is 0 Å². The summed E-state index contributed by atoms with van der Waals surface area (Å²) in [6.07, 6.45) is 3.05. The van der Waals surface area contributed by atoms with E-state index in [1.807, 2.05) is 18.2 Å². The van der Waals surface area contributed by atoms with E-state index < -0.39 is 0 Å². The molecule has 108 valence electrons. The molecule has 4 rings (SSSR count). The number of nitrogens with one attached hydrogen (secondary N) is 1. The fraction of sp³-hybridized carbons (Fsp3) is 0.0714. The third-order valence-electron chi connectivity index (χ3n) is 3.02. The minimum atomic E-state index is -0.153. The van der Waals surface area contributed by atoms with Gasteiger partial charge in [0, 0.05) is 18.7 Å². The summed E-state index contributed by atoms with van der Waals surface area (Å²) >= 11 is 1.33. The summed E-state index contributed by atoms with van der Waals surface area (Å²) in [6, 6.07) is 5.60. The van der Waals surface area contributed by atoms with Gasteiger partial charge in [0.2, 0.25) is 11.6 Å². The average Bonchev–Trinajstić information content (AvgIpc) is 3.10. The Labute approximate surface area is 128 Å². The number of nitrogens with zero attached hydrogens (tertiary/aromatic N) is 4. The van der Waals surface area contributed by atoms with E-state index in [0.717, 1.165) is 21.6 Å². The Balaban J connectivity index is 1.79. The van der Waals surface area contributed by atoms with E-state index in [-0.39, 0.29) is 5.91 Å². The van der Waals surface area contributed by atoms with E-state index in [0.29, 0.717) is 16.4 Å². The Kier molecular flexibility index (Phi) is 2.83. The Morgan fingerprint density at radius 2 is 2.14 bits per heavy atom. The van der Waals surface area contributed by atoms with Gasteiger partial charge in [-0.2, -0.15) is 0 Å². The van der Waals surface area contributed by atoms with E-state index >= 15 is 0 Å². The van der Waals surface area contributed by atoms with Crippen LogP contribution < -0.4 is 5.32 Å². The SMILES string of the molecule is CC(=O)Nc1nc2ccc(-c3cnc4ocnc4c3)nc2s1. The zero-order valence-corrected chi connectivity index (χ0v) is 12.2.